The minimum absolute atomic E-state index is 0.241. The summed E-state index contributed by atoms with van der Waals surface area (Å²) in [4.78, 5) is 12.2. The normalized spacial score (nSPS) is 16.8. The van der Waals surface area contributed by atoms with Gasteiger partial charge in [0.15, 0.2) is 0 Å². The number of halogens is 1. The summed E-state index contributed by atoms with van der Waals surface area (Å²) in [6, 6.07) is 10.4. The van der Waals surface area contributed by atoms with E-state index in [1.165, 1.54) is 5.56 Å². The third-order valence-electron chi connectivity index (χ3n) is 4.47. The van der Waals surface area contributed by atoms with E-state index in [-0.39, 0.29) is 6.04 Å². The van der Waals surface area contributed by atoms with Crippen LogP contribution in [0.15, 0.2) is 42.0 Å². The molecule has 0 bridgehead atoms. The molecule has 3 aromatic rings. The summed E-state index contributed by atoms with van der Waals surface area (Å²) in [6.07, 6.45) is 1.62. The van der Waals surface area contributed by atoms with Gasteiger partial charge in [-0.25, -0.2) is 9.97 Å². The zero-order valence-corrected chi connectivity index (χ0v) is 15.3. The molecule has 4 rings (SSSR count). The highest BCUT2D eigenvalue weighted by Crippen LogP contribution is 2.27. The Hall–Kier alpha value is -1.73. The lowest BCUT2D eigenvalue weighted by molar-refractivity contribution is 0.0187. The van der Waals surface area contributed by atoms with Gasteiger partial charge in [0.2, 0.25) is 0 Å². The molecule has 1 N–H and O–H groups in total. The standard InChI is InChI=1S/C18H19ClN4OS/c19-14-3-1-13(2-4-14)16(23-6-8-24-9-7-23)11-20-17-15-5-10-25-18(15)22-12-21-17/h1-5,10,12,16H,6-9,11H2,(H,20,21,22). The lowest BCUT2D eigenvalue weighted by atomic mass is 10.0. The number of aromatic nitrogens is 2. The molecule has 1 unspecified atom stereocenters. The Balaban J connectivity index is 1.57. The van der Waals surface area contributed by atoms with E-state index in [2.05, 4.69) is 38.4 Å². The predicted octanol–water partition coefficient (Wildman–Crippen LogP) is 3.83. The number of nitrogens with zero attached hydrogens (tertiary/aromatic N) is 3. The Kier molecular flexibility index (Phi) is 5.12. The second-order valence-corrected chi connectivity index (χ2v) is 7.29. The van der Waals surface area contributed by atoms with Crippen LogP contribution in [0.1, 0.15) is 11.6 Å². The quantitative estimate of drug-likeness (QED) is 0.735. The Morgan fingerprint density at radius 1 is 1.16 bits per heavy atom. The third-order valence-corrected chi connectivity index (χ3v) is 5.54. The molecule has 1 aromatic carbocycles. The van der Waals surface area contributed by atoms with Crippen LogP contribution in [-0.2, 0) is 4.74 Å². The van der Waals surface area contributed by atoms with E-state index >= 15 is 0 Å². The lowest BCUT2D eigenvalue weighted by Crippen LogP contribution is -2.41. The molecule has 1 fully saturated rings. The highest BCUT2D eigenvalue weighted by molar-refractivity contribution is 7.16. The second-order valence-electron chi connectivity index (χ2n) is 5.96. The van der Waals surface area contributed by atoms with E-state index in [0.29, 0.717) is 0 Å². The van der Waals surface area contributed by atoms with E-state index in [9.17, 15) is 0 Å². The number of thiophene rings is 1. The van der Waals surface area contributed by atoms with E-state index in [1.54, 1.807) is 17.7 Å². The van der Waals surface area contributed by atoms with Crippen LogP contribution in [0.4, 0.5) is 5.82 Å². The average molecular weight is 375 g/mol. The topological polar surface area (TPSA) is 50.3 Å². The molecule has 0 spiro atoms. The van der Waals surface area contributed by atoms with Crippen molar-refractivity contribution in [2.24, 2.45) is 0 Å². The smallest absolute Gasteiger partial charge is 0.138 e. The first kappa shape index (κ1) is 16.7. The molecule has 0 amide bonds. The van der Waals surface area contributed by atoms with Crippen molar-refractivity contribution >= 4 is 39.0 Å². The fourth-order valence-corrected chi connectivity index (χ4v) is 4.01. The van der Waals surface area contributed by atoms with Gasteiger partial charge < -0.3 is 10.1 Å². The number of rotatable bonds is 5. The maximum absolute atomic E-state index is 6.06. The summed E-state index contributed by atoms with van der Waals surface area (Å²) in [5, 5.41) is 7.40. The van der Waals surface area contributed by atoms with Crippen LogP contribution >= 0.6 is 22.9 Å². The zero-order valence-electron chi connectivity index (χ0n) is 13.7. The van der Waals surface area contributed by atoms with Crippen molar-refractivity contribution in [1.29, 1.82) is 0 Å². The van der Waals surface area contributed by atoms with Crippen LogP contribution in [0.2, 0.25) is 5.02 Å². The third kappa shape index (κ3) is 3.77. The lowest BCUT2D eigenvalue weighted by Gasteiger charge is -2.35. The van der Waals surface area contributed by atoms with Crippen LogP contribution < -0.4 is 5.32 Å². The van der Waals surface area contributed by atoms with Crippen molar-refractivity contribution < 1.29 is 4.74 Å². The number of morpholine rings is 1. The molecule has 0 aliphatic carbocycles. The molecule has 1 saturated heterocycles. The maximum Gasteiger partial charge on any atom is 0.138 e. The molecule has 5 nitrogen and oxygen atoms in total. The molecular formula is C18H19ClN4OS. The fraction of sp³-hybridized carbons (Fsp3) is 0.333. The molecule has 1 aliphatic heterocycles. The number of ether oxygens (including phenoxy) is 1. The van der Waals surface area contributed by atoms with Gasteiger partial charge in [0.1, 0.15) is 17.0 Å². The Morgan fingerprint density at radius 2 is 1.96 bits per heavy atom. The van der Waals surface area contributed by atoms with E-state index in [1.807, 2.05) is 17.5 Å². The van der Waals surface area contributed by atoms with Crippen molar-refractivity contribution in [1.82, 2.24) is 14.9 Å². The van der Waals surface area contributed by atoms with Gasteiger partial charge in [-0.1, -0.05) is 23.7 Å². The molecule has 130 valence electrons. The van der Waals surface area contributed by atoms with Crippen molar-refractivity contribution in [2.45, 2.75) is 6.04 Å². The monoisotopic (exact) mass is 374 g/mol. The first-order valence-corrected chi connectivity index (χ1v) is 9.56. The number of anilines is 1. The minimum Gasteiger partial charge on any atom is -0.379 e. The molecule has 25 heavy (non-hydrogen) atoms. The van der Waals surface area contributed by atoms with Crippen LogP contribution in [0.25, 0.3) is 10.2 Å². The highest BCUT2D eigenvalue weighted by atomic mass is 35.5. The van der Waals surface area contributed by atoms with Crippen molar-refractivity contribution in [3.05, 3.63) is 52.6 Å². The SMILES string of the molecule is Clc1ccc(C(CNc2ncnc3sccc23)N2CCOCC2)cc1. The highest BCUT2D eigenvalue weighted by Gasteiger charge is 2.23. The van der Waals surface area contributed by atoms with Crippen LogP contribution in [0, 0.1) is 0 Å². The average Bonchev–Trinajstić information content (AvgIpc) is 3.14. The predicted molar refractivity (Wildman–Crippen MR) is 102 cm³/mol. The summed E-state index contributed by atoms with van der Waals surface area (Å²) in [7, 11) is 0. The van der Waals surface area contributed by atoms with E-state index in [4.69, 9.17) is 16.3 Å². The van der Waals surface area contributed by atoms with Gasteiger partial charge in [0.25, 0.3) is 0 Å². The van der Waals surface area contributed by atoms with Gasteiger partial charge in [-0.3, -0.25) is 4.90 Å². The van der Waals surface area contributed by atoms with Gasteiger partial charge in [0, 0.05) is 24.7 Å². The van der Waals surface area contributed by atoms with Gasteiger partial charge in [0.05, 0.1) is 24.6 Å². The summed E-state index contributed by atoms with van der Waals surface area (Å²) in [5.41, 5.74) is 1.24. The molecule has 0 saturated carbocycles. The fourth-order valence-electron chi connectivity index (χ4n) is 3.16. The minimum atomic E-state index is 0.241. The van der Waals surface area contributed by atoms with Crippen molar-refractivity contribution in [3.8, 4) is 0 Å². The number of fused-ring (bicyclic) bond motifs is 1. The molecule has 3 heterocycles. The Labute approximate surface area is 155 Å². The number of benzene rings is 1. The maximum atomic E-state index is 6.06. The first-order valence-electron chi connectivity index (χ1n) is 8.30. The summed E-state index contributed by atoms with van der Waals surface area (Å²) in [5.74, 6) is 0.887. The Bertz CT molecular complexity index is 832. The van der Waals surface area contributed by atoms with Crippen molar-refractivity contribution in [3.63, 3.8) is 0 Å². The van der Waals surface area contributed by atoms with Gasteiger partial charge in [-0.05, 0) is 29.1 Å². The van der Waals surface area contributed by atoms with Crippen LogP contribution in [0.3, 0.4) is 0 Å². The van der Waals surface area contributed by atoms with Gasteiger partial charge >= 0.3 is 0 Å². The molecule has 1 aliphatic rings. The molecular weight excluding hydrogens is 356 g/mol. The Morgan fingerprint density at radius 3 is 2.76 bits per heavy atom. The summed E-state index contributed by atoms with van der Waals surface area (Å²) in [6.45, 7) is 4.15. The van der Waals surface area contributed by atoms with Crippen molar-refractivity contribution in [2.75, 3.05) is 38.2 Å². The largest absolute Gasteiger partial charge is 0.379 e. The van der Waals surface area contributed by atoms with E-state index < -0.39 is 0 Å². The second kappa shape index (κ2) is 7.66. The van der Waals surface area contributed by atoms with Crippen LogP contribution in [-0.4, -0.2) is 47.7 Å². The van der Waals surface area contributed by atoms with Gasteiger partial charge in [-0.15, -0.1) is 11.3 Å². The molecule has 2 aromatic heterocycles. The number of hydrogen-bond acceptors (Lipinski definition) is 6. The zero-order chi connectivity index (χ0) is 17.1. The molecule has 1 atom stereocenters. The summed E-state index contributed by atoms with van der Waals surface area (Å²) < 4.78 is 5.51. The van der Waals surface area contributed by atoms with E-state index in [0.717, 1.165) is 53.9 Å². The van der Waals surface area contributed by atoms with Gasteiger partial charge in [-0.2, -0.15) is 0 Å². The first-order chi connectivity index (χ1) is 12.3. The summed E-state index contributed by atoms with van der Waals surface area (Å²) >= 11 is 7.69. The molecule has 7 heteroatoms. The molecule has 0 radical (unpaired) electrons. The van der Waals surface area contributed by atoms with Crippen LogP contribution in [0.5, 0.6) is 0 Å². The number of nitrogens with one attached hydrogen (secondary N) is 1. The number of hydrogen-bond donors (Lipinski definition) is 1.